The molecule has 0 aliphatic carbocycles. The van der Waals surface area contributed by atoms with Gasteiger partial charge in [-0.1, -0.05) is 0 Å². The zero-order valence-electron chi connectivity index (χ0n) is 13.9. The predicted octanol–water partition coefficient (Wildman–Crippen LogP) is -0.0680. The van der Waals surface area contributed by atoms with E-state index in [0.29, 0.717) is 38.6 Å². The van der Waals surface area contributed by atoms with Gasteiger partial charge in [-0.05, 0) is 31.2 Å². The SMILES string of the molecule is CCNC(=O)NC(=O)COc1ccc(S(=O)(=O)N2CCOCC2)cc1. The molecule has 3 amide bonds. The van der Waals surface area contributed by atoms with Crippen LogP contribution in [0.5, 0.6) is 5.75 Å². The van der Waals surface area contributed by atoms with E-state index < -0.39 is 22.0 Å². The number of morpholine rings is 1. The topological polar surface area (TPSA) is 114 Å². The summed E-state index contributed by atoms with van der Waals surface area (Å²) in [5.41, 5.74) is 0. The van der Waals surface area contributed by atoms with Crippen LogP contribution in [0.3, 0.4) is 0 Å². The molecule has 0 unspecified atom stereocenters. The number of rotatable bonds is 6. The molecule has 0 aromatic heterocycles. The van der Waals surface area contributed by atoms with Crippen LogP contribution in [-0.2, 0) is 19.6 Å². The lowest BCUT2D eigenvalue weighted by Crippen LogP contribution is -2.41. The summed E-state index contributed by atoms with van der Waals surface area (Å²) in [6, 6.07) is 5.17. The van der Waals surface area contributed by atoms with Crippen LogP contribution < -0.4 is 15.4 Å². The van der Waals surface area contributed by atoms with Gasteiger partial charge in [0.1, 0.15) is 5.75 Å². The number of benzene rings is 1. The minimum atomic E-state index is -3.57. The molecule has 0 atom stereocenters. The number of sulfonamides is 1. The van der Waals surface area contributed by atoms with E-state index in [2.05, 4.69) is 10.6 Å². The van der Waals surface area contributed by atoms with E-state index in [1.807, 2.05) is 0 Å². The van der Waals surface area contributed by atoms with E-state index in [4.69, 9.17) is 9.47 Å². The van der Waals surface area contributed by atoms with Crippen LogP contribution in [0, 0.1) is 0 Å². The molecule has 25 heavy (non-hydrogen) atoms. The van der Waals surface area contributed by atoms with Crippen molar-refractivity contribution < 1.29 is 27.5 Å². The van der Waals surface area contributed by atoms with Gasteiger partial charge in [-0.3, -0.25) is 10.1 Å². The molecule has 1 aliphatic rings. The number of carbonyl (C=O) groups excluding carboxylic acids is 2. The normalized spacial score (nSPS) is 15.4. The Hall–Kier alpha value is -2.17. The molecule has 1 saturated heterocycles. The molecule has 1 aliphatic heterocycles. The highest BCUT2D eigenvalue weighted by Crippen LogP contribution is 2.20. The molecule has 10 heteroatoms. The monoisotopic (exact) mass is 371 g/mol. The van der Waals surface area contributed by atoms with Crippen LogP contribution in [0.2, 0.25) is 0 Å². The fraction of sp³-hybridized carbons (Fsp3) is 0.467. The van der Waals surface area contributed by atoms with Crippen molar-refractivity contribution in [2.45, 2.75) is 11.8 Å². The van der Waals surface area contributed by atoms with Crippen molar-refractivity contribution in [3.8, 4) is 5.75 Å². The van der Waals surface area contributed by atoms with Crippen LogP contribution in [-0.4, -0.2) is 64.1 Å². The van der Waals surface area contributed by atoms with Gasteiger partial charge in [0.25, 0.3) is 5.91 Å². The van der Waals surface area contributed by atoms with Crippen molar-refractivity contribution in [3.63, 3.8) is 0 Å². The van der Waals surface area contributed by atoms with E-state index >= 15 is 0 Å². The van der Waals surface area contributed by atoms with E-state index in [1.165, 1.54) is 28.6 Å². The van der Waals surface area contributed by atoms with E-state index in [-0.39, 0.29) is 11.5 Å². The molecule has 1 heterocycles. The number of ether oxygens (including phenoxy) is 2. The molecule has 1 fully saturated rings. The molecule has 0 spiro atoms. The molecular weight excluding hydrogens is 350 g/mol. The first-order valence-electron chi connectivity index (χ1n) is 7.82. The summed E-state index contributed by atoms with van der Waals surface area (Å²) in [6.45, 7) is 3.17. The maximum absolute atomic E-state index is 12.5. The maximum Gasteiger partial charge on any atom is 0.321 e. The Morgan fingerprint density at radius 3 is 2.44 bits per heavy atom. The van der Waals surface area contributed by atoms with Crippen molar-refractivity contribution >= 4 is 22.0 Å². The second-order valence-corrected chi connectivity index (χ2v) is 7.12. The minimum Gasteiger partial charge on any atom is -0.484 e. The minimum absolute atomic E-state index is 0.147. The number of nitrogens with zero attached hydrogens (tertiary/aromatic N) is 1. The number of amides is 3. The average molecular weight is 371 g/mol. The van der Waals surface area contributed by atoms with E-state index in [9.17, 15) is 18.0 Å². The molecule has 0 saturated carbocycles. The zero-order valence-corrected chi connectivity index (χ0v) is 14.7. The Kier molecular flexibility index (Phi) is 6.73. The van der Waals surface area contributed by atoms with Gasteiger partial charge in [0.05, 0.1) is 18.1 Å². The second kappa shape index (κ2) is 8.79. The summed E-state index contributed by atoms with van der Waals surface area (Å²) in [5.74, 6) is -0.275. The summed E-state index contributed by atoms with van der Waals surface area (Å²) >= 11 is 0. The molecule has 1 aromatic carbocycles. The van der Waals surface area contributed by atoms with Crippen molar-refractivity contribution in [1.82, 2.24) is 14.9 Å². The first kappa shape index (κ1) is 19.2. The van der Waals surface area contributed by atoms with E-state index in [1.54, 1.807) is 6.92 Å². The molecule has 0 radical (unpaired) electrons. The number of urea groups is 1. The second-order valence-electron chi connectivity index (χ2n) is 5.18. The third-order valence-electron chi connectivity index (χ3n) is 3.39. The highest BCUT2D eigenvalue weighted by atomic mass is 32.2. The highest BCUT2D eigenvalue weighted by Gasteiger charge is 2.26. The summed E-state index contributed by atoms with van der Waals surface area (Å²) in [5, 5.41) is 4.52. The fourth-order valence-corrected chi connectivity index (χ4v) is 3.57. The van der Waals surface area contributed by atoms with Crippen LogP contribution >= 0.6 is 0 Å². The van der Waals surface area contributed by atoms with Gasteiger partial charge >= 0.3 is 6.03 Å². The Bertz CT molecular complexity index is 698. The molecule has 2 rings (SSSR count). The van der Waals surface area contributed by atoms with Crippen LogP contribution in [0.15, 0.2) is 29.2 Å². The lowest BCUT2D eigenvalue weighted by molar-refractivity contribution is -0.122. The maximum atomic E-state index is 12.5. The van der Waals surface area contributed by atoms with Gasteiger partial charge in [0, 0.05) is 19.6 Å². The molecule has 0 bridgehead atoms. The predicted molar refractivity (Wildman–Crippen MR) is 88.7 cm³/mol. The van der Waals surface area contributed by atoms with E-state index in [0.717, 1.165) is 0 Å². The van der Waals surface area contributed by atoms with Gasteiger partial charge in [-0.25, -0.2) is 13.2 Å². The lowest BCUT2D eigenvalue weighted by atomic mass is 10.3. The van der Waals surface area contributed by atoms with Gasteiger partial charge in [0.15, 0.2) is 6.61 Å². The Morgan fingerprint density at radius 2 is 1.84 bits per heavy atom. The summed E-state index contributed by atoms with van der Waals surface area (Å²) in [7, 11) is -3.57. The number of hydrogen-bond donors (Lipinski definition) is 2. The lowest BCUT2D eigenvalue weighted by Gasteiger charge is -2.26. The third kappa shape index (κ3) is 5.41. The van der Waals surface area contributed by atoms with Crippen LogP contribution in [0.25, 0.3) is 0 Å². The zero-order chi connectivity index (χ0) is 18.3. The molecule has 138 valence electrons. The summed E-state index contributed by atoms with van der Waals surface area (Å²) in [4.78, 5) is 22.9. The molecule has 1 aromatic rings. The Balaban J connectivity index is 1.91. The van der Waals surface area contributed by atoms with Gasteiger partial charge < -0.3 is 14.8 Å². The van der Waals surface area contributed by atoms with Crippen molar-refractivity contribution in [3.05, 3.63) is 24.3 Å². The smallest absolute Gasteiger partial charge is 0.321 e. The highest BCUT2D eigenvalue weighted by molar-refractivity contribution is 7.89. The third-order valence-corrected chi connectivity index (χ3v) is 5.30. The standard InChI is InChI=1S/C15H21N3O6S/c1-2-16-15(20)17-14(19)11-24-12-3-5-13(6-4-12)25(21,22)18-7-9-23-10-8-18/h3-6H,2,7-11H2,1H3,(H2,16,17,19,20). The van der Waals surface area contributed by atoms with Crippen LogP contribution in [0.4, 0.5) is 4.79 Å². The number of carbonyl (C=O) groups is 2. The first-order chi connectivity index (χ1) is 11.9. The number of hydrogen-bond acceptors (Lipinski definition) is 6. The summed E-state index contributed by atoms with van der Waals surface area (Å²) < 4.78 is 36.7. The van der Waals surface area contributed by atoms with Crippen molar-refractivity contribution in [2.24, 2.45) is 0 Å². The van der Waals surface area contributed by atoms with Gasteiger partial charge in [-0.15, -0.1) is 0 Å². The van der Waals surface area contributed by atoms with Gasteiger partial charge in [0.2, 0.25) is 10.0 Å². The first-order valence-corrected chi connectivity index (χ1v) is 9.26. The number of imide groups is 1. The van der Waals surface area contributed by atoms with Crippen molar-refractivity contribution in [1.29, 1.82) is 0 Å². The molecular formula is C15H21N3O6S. The van der Waals surface area contributed by atoms with Crippen LogP contribution in [0.1, 0.15) is 6.92 Å². The Labute approximate surface area is 146 Å². The largest absolute Gasteiger partial charge is 0.484 e. The van der Waals surface area contributed by atoms with Crippen molar-refractivity contribution in [2.75, 3.05) is 39.5 Å². The Morgan fingerprint density at radius 1 is 1.20 bits per heavy atom. The number of nitrogens with one attached hydrogen (secondary N) is 2. The quantitative estimate of drug-likeness (QED) is 0.724. The molecule has 2 N–H and O–H groups in total. The molecule has 9 nitrogen and oxygen atoms in total. The average Bonchev–Trinajstić information content (AvgIpc) is 2.61. The fourth-order valence-electron chi connectivity index (χ4n) is 2.16. The summed E-state index contributed by atoms with van der Waals surface area (Å²) in [6.07, 6.45) is 0. The van der Waals surface area contributed by atoms with Gasteiger partial charge in [-0.2, -0.15) is 4.31 Å².